The molecule has 0 saturated carbocycles. The number of benzene rings is 1. The summed E-state index contributed by atoms with van der Waals surface area (Å²) in [6.45, 7) is 6.74. The Bertz CT molecular complexity index is 443. The Labute approximate surface area is 113 Å². The highest BCUT2D eigenvalue weighted by atomic mass is 16.4. The molecule has 0 fully saturated rings. The van der Waals surface area contributed by atoms with E-state index in [0.29, 0.717) is 13.0 Å². The first-order valence-corrected chi connectivity index (χ1v) is 6.37. The maximum atomic E-state index is 11.6. The molecule has 19 heavy (non-hydrogen) atoms. The third-order valence-corrected chi connectivity index (χ3v) is 2.79. The minimum atomic E-state index is -0.944. The molecule has 1 aromatic carbocycles. The SMILES string of the molecule is CC(C)(C)CCC(=O)NCc1ccc(C(=O)O)cc1. The number of nitrogens with one attached hydrogen (secondary N) is 1. The lowest BCUT2D eigenvalue weighted by Gasteiger charge is -2.17. The molecule has 1 amide bonds. The van der Waals surface area contributed by atoms with E-state index in [9.17, 15) is 9.59 Å². The van der Waals surface area contributed by atoms with Gasteiger partial charge in [-0.3, -0.25) is 4.79 Å². The van der Waals surface area contributed by atoms with Crippen LogP contribution in [0.4, 0.5) is 0 Å². The number of aromatic carboxylic acids is 1. The molecular formula is C15H21NO3. The molecule has 0 spiro atoms. The fraction of sp³-hybridized carbons (Fsp3) is 0.467. The van der Waals surface area contributed by atoms with Crippen LogP contribution in [0.15, 0.2) is 24.3 Å². The quantitative estimate of drug-likeness (QED) is 0.858. The number of rotatable bonds is 5. The summed E-state index contributed by atoms with van der Waals surface area (Å²) in [5.41, 5.74) is 1.30. The second-order valence-electron chi connectivity index (χ2n) is 5.84. The Balaban J connectivity index is 2.40. The predicted octanol–water partition coefficient (Wildman–Crippen LogP) is 2.83. The van der Waals surface area contributed by atoms with Crippen LogP contribution in [-0.2, 0) is 11.3 Å². The van der Waals surface area contributed by atoms with Gasteiger partial charge in [0.15, 0.2) is 0 Å². The van der Waals surface area contributed by atoms with Crippen LogP contribution in [0.5, 0.6) is 0 Å². The van der Waals surface area contributed by atoms with Gasteiger partial charge < -0.3 is 10.4 Å². The summed E-state index contributed by atoms with van der Waals surface area (Å²) in [7, 11) is 0. The second kappa shape index (κ2) is 6.36. The average molecular weight is 263 g/mol. The number of carbonyl (C=O) groups is 2. The van der Waals surface area contributed by atoms with Gasteiger partial charge in [-0.1, -0.05) is 32.9 Å². The van der Waals surface area contributed by atoms with Crippen LogP contribution >= 0.6 is 0 Å². The van der Waals surface area contributed by atoms with E-state index >= 15 is 0 Å². The summed E-state index contributed by atoms with van der Waals surface area (Å²) in [5, 5.41) is 11.6. The van der Waals surface area contributed by atoms with Crippen LogP contribution in [0, 0.1) is 5.41 Å². The van der Waals surface area contributed by atoms with E-state index < -0.39 is 5.97 Å². The zero-order chi connectivity index (χ0) is 14.5. The van der Waals surface area contributed by atoms with Crippen molar-refractivity contribution in [1.29, 1.82) is 0 Å². The first-order valence-electron chi connectivity index (χ1n) is 6.37. The number of carbonyl (C=O) groups excluding carboxylic acids is 1. The summed E-state index contributed by atoms with van der Waals surface area (Å²) in [6, 6.07) is 6.51. The molecular weight excluding hydrogens is 242 g/mol. The molecule has 0 aliphatic rings. The van der Waals surface area contributed by atoms with Crippen molar-refractivity contribution in [3.05, 3.63) is 35.4 Å². The predicted molar refractivity (Wildman–Crippen MR) is 73.9 cm³/mol. The van der Waals surface area contributed by atoms with Crippen LogP contribution in [0.25, 0.3) is 0 Å². The maximum Gasteiger partial charge on any atom is 0.335 e. The van der Waals surface area contributed by atoms with E-state index in [1.807, 2.05) is 0 Å². The molecule has 0 aliphatic carbocycles. The highest BCUT2D eigenvalue weighted by molar-refractivity contribution is 5.87. The van der Waals surface area contributed by atoms with Crippen molar-refractivity contribution in [2.45, 2.75) is 40.2 Å². The highest BCUT2D eigenvalue weighted by Crippen LogP contribution is 2.20. The summed E-state index contributed by atoms with van der Waals surface area (Å²) in [4.78, 5) is 22.3. The molecule has 104 valence electrons. The van der Waals surface area contributed by atoms with E-state index in [4.69, 9.17) is 5.11 Å². The van der Waals surface area contributed by atoms with Gasteiger partial charge in [0, 0.05) is 13.0 Å². The molecule has 0 bridgehead atoms. The van der Waals surface area contributed by atoms with Crippen molar-refractivity contribution < 1.29 is 14.7 Å². The molecule has 0 heterocycles. The monoisotopic (exact) mass is 263 g/mol. The van der Waals surface area contributed by atoms with Crippen LogP contribution in [0.2, 0.25) is 0 Å². The molecule has 4 nitrogen and oxygen atoms in total. The van der Waals surface area contributed by atoms with Crippen molar-refractivity contribution in [3.8, 4) is 0 Å². The Morgan fingerprint density at radius 3 is 2.21 bits per heavy atom. The average Bonchev–Trinajstić information content (AvgIpc) is 2.33. The molecule has 0 radical (unpaired) electrons. The van der Waals surface area contributed by atoms with Crippen molar-refractivity contribution in [1.82, 2.24) is 5.32 Å². The standard InChI is InChI=1S/C15H21NO3/c1-15(2,3)9-8-13(17)16-10-11-4-6-12(7-5-11)14(18)19/h4-7H,8-10H2,1-3H3,(H,16,17)(H,18,19). The highest BCUT2D eigenvalue weighted by Gasteiger charge is 2.12. The number of hydrogen-bond acceptors (Lipinski definition) is 2. The van der Waals surface area contributed by atoms with E-state index in [2.05, 4.69) is 26.1 Å². The molecule has 0 unspecified atom stereocenters. The number of amides is 1. The maximum absolute atomic E-state index is 11.6. The third-order valence-electron chi connectivity index (χ3n) is 2.79. The van der Waals surface area contributed by atoms with Gasteiger partial charge in [0.2, 0.25) is 5.91 Å². The minimum absolute atomic E-state index is 0.0252. The molecule has 1 rings (SSSR count). The van der Waals surface area contributed by atoms with Crippen molar-refractivity contribution in [2.24, 2.45) is 5.41 Å². The van der Waals surface area contributed by atoms with E-state index in [-0.39, 0.29) is 16.9 Å². The Hall–Kier alpha value is -1.84. The van der Waals surface area contributed by atoms with Gasteiger partial charge in [-0.05, 0) is 29.5 Å². The minimum Gasteiger partial charge on any atom is -0.478 e. The lowest BCUT2D eigenvalue weighted by molar-refractivity contribution is -0.121. The fourth-order valence-corrected chi connectivity index (χ4v) is 1.54. The first kappa shape index (κ1) is 15.2. The smallest absolute Gasteiger partial charge is 0.335 e. The number of carboxylic acids is 1. The molecule has 1 aromatic rings. The van der Waals surface area contributed by atoms with Gasteiger partial charge in [0.05, 0.1) is 5.56 Å². The van der Waals surface area contributed by atoms with Crippen LogP contribution in [0.1, 0.15) is 49.5 Å². The van der Waals surface area contributed by atoms with Crippen LogP contribution in [-0.4, -0.2) is 17.0 Å². The first-order chi connectivity index (χ1) is 8.78. The Morgan fingerprint density at radius 1 is 1.16 bits per heavy atom. The van der Waals surface area contributed by atoms with Crippen molar-refractivity contribution in [3.63, 3.8) is 0 Å². The van der Waals surface area contributed by atoms with Gasteiger partial charge >= 0.3 is 5.97 Å². The summed E-state index contributed by atoms with van der Waals surface area (Å²) in [5.74, 6) is -0.919. The molecule has 0 aromatic heterocycles. The molecule has 4 heteroatoms. The molecule has 0 saturated heterocycles. The lowest BCUT2D eigenvalue weighted by atomic mass is 9.90. The van der Waals surface area contributed by atoms with Gasteiger partial charge in [-0.15, -0.1) is 0 Å². The third kappa shape index (κ3) is 6.04. The molecule has 0 aliphatic heterocycles. The van der Waals surface area contributed by atoms with E-state index in [0.717, 1.165) is 12.0 Å². The lowest BCUT2D eigenvalue weighted by Crippen LogP contribution is -2.24. The zero-order valence-electron chi connectivity index (χ0n) is 11.7. The second-order valence-corrected chi connectivity index (χ2v) is 5.84. The fourth-order valence-electron chi connectivity index (χ4n) is 1.54. The Morgan fingerprint density at radius 2 is 1.74 bits per heavy atom. The van der Waals surface area contributed by atoms with Gasteiger partial charge in [0.1, 0.15) is 0 Å². The summed E-state index contributed by atoms with van der Waals surface area (Å²) >= 11 is 0. The zero-order valence-corrected chi connectivity index (χ0v) is 11.7. The van der Waals surface area contributed by atoms with Crippen LogP contribution < -0.4 is 5.32 Å². The normalized spacial score (nSPS) is 11.1. The topological polar surface area (TPSA) is 66.4 Å². The largest absolute Gasteiger partial charge is 0.478 e. The summed E-state index contributed by atoms with van der Waals surface area (Å²) in [6.07, 6.45) is 1.35. The van der Waals surface area contributed by atoms with Crippen molar-refractivity contribution >= 4 is 11.9 Å². The van der Waals surface area contributed by atoms with Gasteiger partial charge in [0.25, 0.3) is 0 Å². The van der Waals surface area contributed by atoms with Gasteiger partial charge in [-0.2, -0.15) is 0 Å². The Kier molecular flexibility index (Phi) is 5.10. The number of hydrogen-bond donors (Lipinski definition) is 2. The van der Waals surface area contributed by atoms with E-state index in [1.54, 1.807) is 24.3 Å². The molecule has 2 N–H and O–H groups in total. The van der Waals surface area contributed by atoms with Crippen LogP contribution in [0.3, 0.4) is 0 Å². The van der Waals surface area contributed by atoms with Gasteiger partial charge in [-0.25, -0.2) is 4.79 Å². The number of carboxylic acid groups (broad SMARTS) is 1. The summed E-state index contributed by atoms with van der Waals surface area (Å²) < 4.78 is 0. The molecule has 0 atom stereocenters. The van der Waals surface area contributed by atoms with Crippen molar-refractivity contribution in [2.75, 3.05) is 0 Å². The van der Waals surface area contributed by atoms with E-state index in [1.165, 1.54) is 0 Å².